The largest absolute Gasteiger partial charge is 0.357 e. The molecule has 0 spiro atoms. The standard InChI is InChI=1S/C16H24FN3.HI/c1-5-11-19-15(18-6-2)20-12-16(3,4)13-9-7-8-10-14(13)17;/h5,7-10H,1,6,11-12H2,2-4H3,(H2,18,19,20);1H. The summed E-state index contributed by atoms with van der Waals surface area (Å²) in [4.78, 5) is 4.52. The fourth-order valence-corrected chi connectivity index (χ4v) is 1.88. The second-order valence-electron chi connectivity index (χ2n) is 5.23. The number of rotatable bonds is 6. The predicted molar refractivity (Wildman–Crippen MR) is 99.0 cm³/mol. The van der Waals surface area contributed by atoms with Crippen molar-refractivity contribution in [2.45, 2.75) is 26.2 Å². The van der Waals surface area contributed by atoms with E-state index in [2.05, 4.69) is 22.2 Å². The van der Waals surface area contributed by atoms with Crippen molar-refractivity contribution >= 4 is 29.9 Å². The van der Waals surface area contributed by atoms with Crippen LogP contribution >= 0.6 is 24.0 Å². The third-order valence-corrected chi connectivity index (χ3v) is 2.99. The van der Waals surface area contributed by atoms with Crippen LogP contribution in [-0.4, -0.2) is 25.6 Å². The third kappa shape index (κ3) is 6.46. The third-order valence-electron chi connectivity index (χ3n) is 2.99. The highest BCUT2D eigenvalue weighted by Crippen LogP contribution is 2.25. The molecule has 0 heterocycles. The molecule has 0 radical (unpaired) electrons. The lowest BCUT2D eigenvalue weighted by Gasteiger charge is -2.24. The summed E-state index contributed by atoms with van der Waals surface area (Å²) >= 11 is 0. The summed E-state index contributed by atoms with van der Waals surface area (Å²) in [6.07, 6.45) is 1.77. The predicted octanol–water partition coefficient (Wildman–Crippen LogP) is 3.46. The first-order valence-corrected chi connectivity index (χ1v) is 6.89. The van der Waals surface area contributed by atoms with Gasteiger partial charge in [-0.3, -0.25) is 4.99 Å². The molecule has 118 valence electrons. The molecule has 1 aromatic carbocycles. The van der Waals surface area contributed by atoms with Crippen LogP contribution < -0.4 is 10.6 Å². The molecular weight excluding hydrogens is 380 g/mol. The van der Waals surface area contributed by atoms with E-state index in [0.29, 0.717) is 18.7 Å². The molecule has 5 heteroatoms. The lowest BCUT2D eigenvalue weighted by molar-refractivity contribution is 0.492. The number of hydrogen-bond donors (Lipinski definition) is 2. The van der Waals surface area contributed by atoms with E-state index in [1.807, 2.05) is 32.9 Å². The van der Waals surface area contributed by atoms with E-state index in [1.54, 1.807) is 12.1 Å². The van der Waals surface area contributed by atoms with E-state index >= 15 is 0 Å². The first-order chi connectivity index (χ1) is 9.51. The Bertz CT molecular complexity index is 472. The molecule has 0 aromatic heterocycles. The minimum absolute atomic E-state index is 0. The van der Waals surface area contributed by atoms with Crippen molar-refractivity contribution in [3.05, 3.63) is 48.3 Å². The van der Waals surface area contributed by atoms with E-state index < -0.39 is 0 Å². The van der Waals surface area contributed by atoms with Gasteiger partial charge in [0.2, 0.25) is 0 Å². The topological polar surface area (TPSA) is 36.4 Å². The quantitative estimate of drug-likeness (QED) is 0.329. The average Bonchev–Trinajstić information content (AvgIpc) is 2.42. The molecule has 0 aliphatic rings. The molecule has 0 saturated carbocycles. The molecule has 0 aliphatic heterocycles. The van der Waals surface area contributed by atoms with Crippen molar-refractivity contribution < 1.29 is 4.39 Å². The van der Waals surface area contributed by atoms with Crippen molar-refractivity contribution in [2.24, 2.45) is 4.99 Å². The Balaban J connectivity index is 0.00000400. The van der Waals surface area contributed by atoms with Gasteiger partial charge in [-0.05, 0) is 18.6 Å². The molecule has 0 atom stereocenters. The molecule has 2 N–H and O–H groups in total. The van der Waals surface area contributed by atoms with Gasteiger partial charge < -0.3 is 10.6 Å². The minimum Gasteiger partial charge on any atom is -0.357 e. The van der Waals surface area contributed by atoms with Gasteiger partial charge in [0, 0.05) is 18.5 Å². The second-order valence-corrected chi connectivity index (χ2v) is 5.23. The van der Waals surface area contributed by atoms with E-state index in [9.17, 15) is 4.39 Å². The Morgan fingerprint density at radius 2 is 2.00 bits per heavy atom. The Kier molecular flexibility index (Phi) is 9.24. The first-order valence-electron chi connectivity index (χ1n) is 6.89. The Morgan fingerprint density at radius 3 is 2.57 bits per heavy atom. The van der Waals surface area contributed by atoms with Crippen molar-refractivity contribution in [3.8, 4) is 0 Å². The fourth-order valence-electron chi connectivity index (χ4n) is 1.88. The van der Waals surface area contributed by atoms with E-state index in [-0.39, 0.29) is 35.2 Å². The Hall–Kier alpha value is -1.11. The zero-order valence-corrected chi connectivity index (χ0v) is 15.3. The number of halogens is 2. The van der Waals surface area contributed by atoms with Crippen LogP contribution in [0.2, 0.25) is 0 Å². The van der Waals surface area contributed by atoms with Crippen molar-refractivity contribution in [1.29, 1.82) is 0 Å². The van der Waals surface area contributed by atoms with Crippen LogP contribution in [0.3, 0.4) is 0 Å². The summed E-state index contributed by atoms with van der Waals surface area (Å²) in [5.74, 6) is 0.536. The number of guanidine groups is 1. The summed E-state index contributed by atoms with van der Waals surface area (Å²) in [7, 11) is 0. The van der Waals surface area contributed by atoms with Gasteiger partial charge in [0.1, 0.15) is 5.82 Å². The Morgan fingerprint density at radius 1 is 1.33 bits per heavy atom. The molecule has 21 heavy (non-hydrogen) atoms. The SMILES string of the molecule is C=CCNC(=NCC(C)(C)c1ccccc1F)NCC.I. The van der Waals surface area contributed by atoms with Crippen LogP contribution in [0, 0.1) is 5.82 Å². The van der Waals surface area contributed by atoms with E-state index in [1.165, 1.54) is 6.07 Å². The maximum absolute atomic E-state index is 13.9. The fraction of sp³-hybridized carbons (Fsp3) is 0.438. The van der Waals surface area contributed by atoms with Crippen LogP contribution in [0.25, 0.3) is 0 Å². The molecule has 0 bridgehead atoms. The summed E-state index contributed by atoms with van der Waals surface area (Å²) < 4.78 is 13.9. The number of hydrogen-bond acceptors (Lipinski definition) is 1. The van der Waals surface area contributed by atoms with Crippen LogP contribution in [-0.2, 0) is 5.41 Å². The summed E-state index contributed by atoms with van der Waals surface area (Å²) in [6, 6.07) is 6.86. The number of benzene rings is 1. The smallest absolute Gasteiger partial charge is 0.191 e. The van der Waals surface area contributed by atoms with Gasteiger partial charge in [-0.25, -0.2) is 4.39 Å². The highest BCUT2D eigenvalue weighted by atomic mass is 127. The summed E-state index contributed by atoms with van der Waals surface area (Å²) in [5.41, 5.74) is 0.324. The number of aliphatic imine (C=N–C) groups is 1. The average molecular weight is 405 g/mol. The van der Waals surface area contributed by atoms with Gasteiger partial charge in [0.25, 0.3) is 0 Å². The maximum atomic E-state index is 13.9. The monoisotopic (exact) mass is 405 g/mol. The van der Waals surface area contributed by atoms with Crippen molar-refractivity contribution in [1.82, 2.24) is 10.6 Å². The van der Waals surface area contributed by atoms with Crippen LogP contribution in [0.15, 0.2) is 41.9 Å². The lowest BCUT2D eigenvalue weighted by Crippen LogP contribution is -2.38. The summed E-state index contributed by atoms with van der Waals surface area (Å²) in [6.45, 7) is 11.6. The lowest BCUT2D eigenvalue weighted by atomic mass is 9.84. The van der Waals surface area contributed by atoms with Gasteiger partial charge in [-0.1, -0.05) is 38.1 Å². The molecular formula is C16H25FIN3. The van der Waals surface area contributed by atoms with Gasteiger partial charge in [0.05, 0.1) is 6.54 Å². The Labute approximate surface area is 144 Å². The summed E-state index contributed by atoms with van der Waals surface area (Å²) in [5, 5.41) is 6.29. The molecule has 0 fully saturated rings. The molecule has 0 saturated heterocycles. The van der Waals surface area contributed by atoms with Crippen molar-refractivity contribution in [3.63, 3.8) is 0 Å². The maximum Gasteiger partial charge on any atom is 0.191 e. The molecule has 3 nitrogen and oxygen atoms in total. The molecule has 0 unspecified atom stereocenters. The van der Waals surface area contributed by atoms with E-state index in [4.69, 9.17) is 0 Å². The molecule has 0 aliphatic carbocycles. The highest BCUT2D eigenvalue weighted by molar-refractivity contribution is 14.0. The van der Waals surface area contributed by atoms with Gasteiger partial charge in [-0.15, -0.1) is 30.6 Å². The van der Waals surface area contributed by atoms with Crippen LogP contribution in [0.5, 0.6) is 0 Å². The van der Waals surface area contributed by atoms with Crippen LogP contribution in [0.4, 0.5) is 4.39 Å². The van der Waals surface area contributed by atoms with Gasteiger partial charge >= 0.3 is 0 Å². The van der Waals surface area contributed by atoms with Crippen molar-refractivity contribution in [2.75, 3.05) is 19.6 Å². The zero-order valence-electron chi connectivity index (χ0n) is 12.9. The molecule has 1 aromatic rings. The zero-order chi connectivity index (χ0) is 15.0. The van der Waals surface area contributed by atoms with E-state index in [0.717, 1.165) is 12.5 Å². The first kappa shape index (κ1) is 19.9. The molecule has 1 rings (SSSR count). The minimum atomic E-state index is -0.359. The number of nitrogens with zero attached hydrogens (tertiary/aromatic N) is 1. The van der Waals surface area contributed by atoms with Gasteiger partial charge in [0.15, 0.2) is 5.96 Å². The second kappa shape index (κ2) is 9.76. The number of nitrogens with one attached hydrogen (secondary N) is 2. The normalized spacial score (nSPS) is 11.5. The molecule has 0 amide bonds. The highest BCUT2D eigenvalue weighted by Gasteiger charge is 2.23. The van der Waals surface area contributed by atoms with Gasteiger partial charge in [-0.2, -0.15) is 0 Å². The van der Waals surface area contributed by atoms with Crippen LogP contribution in [0.1, 0.15) is 26.3 Å².